The minimum atomic E-state index is -0.884. The number of hydrogen-bond donors (Lipinski definition) is 0. The number of ether oxygens (including phenoxy) is 8. The first-order valence-electron chi connectivity index (χ1n) is 10.4. The molecule has 0 bridgehead atoms. The van der Waals surface area contributed by atoms with Gasteiger partial charge in [-0.3, -0.25) is 9.59 Å². The number of carbonyl (C=O) groups excluding carboxylic acids is 2. The molecular weight excluding hydrogens is 448 g/mol. The van der Waals surface area contributed by atoms with Gasteiger partial charge in [-0.1, -0.05) is 0 Å². The molecule has 2 aromatic carbocycles. The van der Waals surface area contributed by atoms with E-state index in [0.717, 1.165) is 0 Å². The molecule has 2 aliphatic heterocycles. The van der Waals surface area contributed by atoms with Crippen LogP contribution in [-0.4, -0.2) is 54.6 Å². The molecule has 2 aromatic rings. The Labute approximate surface area is 196 Å². The number of methoxy groups -OCH3 is 6. The maximum Gasteiger partial charge on any atom is 0.314 e. The molecule has 4 atom stereocenters. The van der Waals surface area contributed by atoms with Crippen LogP contribution in [0.5, 0.6) is 34.5 Å². The second kappa shape index (κ2) is 9.20. The Kier molecular flexibility index (Phi) is 6.32. The number of rotatable bonds is 8. The van der Waals surface area contributed by atoms with Crippen molar-refractivity contribution in [3.8, 4) is 34.5 Å². The van der Waals surface area contributed by atoms with E-state index in [2.05, 4.69) is 0 Å². The van der Waals surface area contributed by atoms with Gasteiger partial charge in [0.2, 0.25) is 11.5 Å². The summed E-state index contributed by atoms with van der Waals surface area (Å²) in [6.45, 7) is 0. The Balaban J connectivity index is 1.75. The first-order chi connectivity index (χ1) is 16.4. The Bertz CT molecular complexity index is 973. The number of fused-ring (bicyclic) bond motifs is 1. The zero-order valence-electron chi connectivity index (χ0n) is 19.7. The molecule has 0 N–H and O–H groups in total. The predicted octanol–water partition coefficient (Wildman–Crippen LogP) is 2.87. The maximum absolute atomic E-state index is 13.0. The van der Waals surface area contributed by atoms with Crippen molar-refractivity contribution in [1.29, 1.82) is 0 Å². The van der Waals surface area contributed by atoms with Crippen molar-refractivity contribution in [2.75, 3.05) is 42.7 Å². The van der Waals surface area contributed by atoms with E-state index in [1.165, 1.54) is 42.7 Å². The molecule has 2 saturated heterocycles. The maximum atomic E-state index is 13.0. The zero-order valence-corrected chi connectivity index (χ0v) is 19.7. The molecule has 0 amide bonds. The first-order valence-corrected chi connectivity index (χ1v) is 10.4. The molecule has 2 aliphatic rings. The lowest BCUT2D eigenvalue weighted by molar-refractivity contribution is -0.154. The molecule has 2 heterocycles. The van der Waals surface area contributed by atoms with Crippen LogP contribution in [0.1, 0.15) is 23.3 Å². The third-order valence-corrected chi connectivity index (χ3v) is 6.10. The van der Waals surface area contributed by atoms with Crippen molar-refractivity contribution in [3.05, 3.63) is 35.4 Å². The van der Waals surface area contributed by atoms with Gasteiger partial charge in [0, 0.05) is 11.1 Å². The van der Waals surface area contributed by atoms with Crippen LogP contribution in [0.2, 0.25) is 0 Å². The highest BCUT2D eigenvalue weighted by Crippen LogP contribution is 2.54. The van der Waals surface area contributed by atoms with Crippen molar-refractivity contribution in [2.24, 2.45) is 11.8 Å². The summed E-state index contributed by atoms with van der Waals surface area (Å²) >= 11 is 0. The Hall–Kier alpha value is -3.82. The lowest BCUT2D eigenvalue weighted by Crippen LogP contribution is -2.19. The van der Waals surface area contributed by atoms with Gasteiger partial charge in [-0.15, -0.1) is 0 Å². The monoisotopic (exact) mass is 474 g/mol. The summed E-state index contributed by atoms with van der Waals surface area (Å²) in [6.07, 6.45) is -1.77. The number of carbonyl (C=O) groups is 2. The van der Waals surface area contributed by atoms with E-state index in [0.29, 0.717) is 45.6 Å². The molecule has 10 nitrogen and oxygen atoms in total. The summed E-state index contributed by atoms with van der Waals surface area (Å²) in [7, 11) is 8.90. The SMILES string of the molecule is COc1cc([C@H]2OC(=O)C3C2C(=O)O[C@@H]3c2cc(OC)c(OC)c(OC)c2)cc(OC)c1OC. The van der Waals surface area contributed by atoms with E-state index in [1.807, 2.05) is 0 Å². The van der Waals surface area contributed by atoms with Gasteiger partial charge in [0.15, 0.2) is 23.0 Å². The van der Waals surface area contributed by atoms with E-state index in [9.17, 15) is 9.59 Å². The van der Waals surface area contributed by atoms with Crippen LogP contribution < -0.4 is 28.4 Å². The van der Waals surface area contributed by atoms with Gasteiger partial charge in [-0.05, 0) is 24.3 Å². The standard InChI is InChI=1S/C24H26O10/c1-27-13-7-11(8-14(28-2)21(13)31-5)19-17-18(24(26)33-19)20(34-23(17)25)12-9-15(29-3)22(32-6)16(10-12)30-4/h7-10,17-20H,1-6H3/t17?,18?,19-,20-/m1/s1. The molecule has 182 valence electrons. The van der Waals surface area contributed by atoms with Gasteiger partial charge in [-0.2, -0.15) is 0 Å². The minimum Gasteiger partial charge on any atom is -0.493 e. The molecule has 10 heteroatoms. The number of cyclic esters (lactones) is 2. The molecule has 2 fully saturated rings. The lowest BCUT2D eigenvalue weighted by Gasteiger charge is -2.19. The average Bonchev–Trinajstić information content (AvgIpc) is 3.39. The van der Waals surface area contributed by atoms with Crippen LogP contribution in [0.15, 0.2) is 24.3 Å². The fourth-order valence-electron chi connectivity index (χ4n) is 4.55. The molecule has 4 rings (SSSR count). The van der Waals surface area contributed by atoms with Crippen LogP contribution in [0, 0.1) is 11.8 Å². The van der Waals surface area contributed by atoms with Crippen LogP contribution in [-0.2, 0) is 19.1 Å². The third kappa shape index (κ3) is 3.59. The summed E-state index contributed by atoms with van der Waals surface area (Å²) in [4.78, 5) is 26.0. The van der Waals surface area contributed by atoms with Crippen molar-refractivity contribution in [3.63, 3.8) is 0 Å². The highest BCUT2D eigenvalue weighted by atomic mass is 16.6. The van der Waals surface area contributed by atoms with Crippen molar-refractivity contribution < 1.29 is 47.5 Å². The number of benzene rings is 2. The minimum absolute atomic E-state index is 0.379. The molecule has 0 aromatic heterocycles. The van der Waals surface area contributed by atoms with Gasteiger partial charge < -0.3 is 37.9 Å². The Morgan fingerprint density at radius 3 is 1.06 bits per heavy atom. The average molecular weight is 474 g/mol. The molecular formula is C24H26O10. The summed E-state index contributed by atoms with van der Waals surface area (Å²) in [5, 5.41) is 0. The molecule has 2 unspecified atom stereocenters. The van der Waals surface area contributed by atoms with Crippen LogP contribution >= 0.6 is 0 Å². The van der Waals surface area contributed by atoms with Crippen molar-refractivity contribution >= 4 is 11.9 Å². The van der Waals surface area contributed by atoms with Gasteiger partial charge in [-0.25, -0.2) is 0 Å². The van der Waals surface area contributed by atoms with Gasteiger partial charge in [0.1, 0.15) is 24.0 Å². The second-order valence-electron chi connectivity index (χ2n) is 7.68. The highest BCUT2D eigenvalue weighted by Gasteiger charge is 2.60. The largest absolute Gasteiger partial charge is 0.493 e. The van der Waals surface area contributed by atoms with Gasteiger partial charge >= 0.3 is 11.9 Å². The highest BCUT2D eigenvalue weighted by molar-refractivity contribution is 5.90. The summed E-state index contributed by atoms with van der Waals surface area (Å²) < 4.78 is 43.7. The van der Waals surface area contributed by atoms with Crippen LogP contribution in [0.3, 0.4) is 0 Å². The predicted molar refractivity (Wildman–Crippen MR) is 117 cm³/mol. The molecule has 34 heavy (non-hydrogen) atoms. The quantitative estimate of drug-likeness (QED) is 0.530. The molecule has 0 aliphatic carbocycles. The molecule has 0 saturated carbocycles. The summed E-state index contributed by atoms with van der Waals surface area (Å²) in [5.74, 6) is -0.529. The van der Waals surface area contributed by atoms with Gasteiger partial charge in [0.05, 0.1) is 42.7 Å². The summed E-state index contributed by atoms with van der Waals surface area (Å²) in [5.41, 5.74) is 1.05. The molecule has 0 spiro atoms. The smallest absolute Gasteiger partial charge is 0.314 e. The van der Waals surface area contributed by atoms with E-state index in [1.54, 1.807) is 24.3 Å². The first kappa shape index (κ1) is 23.3. The number of hydrogen-bond acceptors (Lipinski definition) is 10. The van der Waals surface area contributed by atoms with Gasteiger partial charge in [0.25, 0.3) is 0 Å². The van der Waals surface area contributed by atoms with Crippen molar-refractivity contribution in [2.45, 2.75) is 12.2 Å². The molecule has 0 radical (unpaired) electrons. The normalized spacial score (nSPS) is 23.0. The zero-order chi connectivity index (χ0) is 24.6. The van der Waals surface area contributed by atoms with E-state index < -0.39 is 36.0 Å². The fourth-order valence-corrected chi connectivity index (χ4v) is 4.55. The Morgan fingerprint density at radius 1 is 0.529 bits per heavy atom. The lowest BCUT2D eigenvalue weighted by atomic mass is 9.84. The van der Waals surface area contributed by atoms with E-state index in [-0.39, 0.29) is 0 Å². The fraction of sp³-hybridized carbons (Fsp3) is 0.417. The second-order valence-corrected chi connectivity index (χ2v) is 7.68. The Morgan fingerprint density at radius 2 is 0.824 bits per heavy atom. The van der Waals surface area contributed by atoms with E-state index in [4.69, 9.17) is 37.9 Å². The van der Waals surface area contributed by atoms with Crippen molar-refractivity contribution in [1.82, 2.24) is 0 Å². The number of esters is 2. The van der Waals surface area contributed by atoms with E-state index >= 15 is 0 Å². The third-order valence-electron chi connectivity index (χ3n) is 6.10. The van der Waals surface area contributed by atoms with Crippen LogP contribution in [0.4, 0.5) is 0 Å². The van der Waals surface area contributed by atoms with Crippen LogP contribution in [0.25, 0.3) is 0 Å². The summed E-state index contributed by atoms with van der Waals surface area (Å²) in [6, 6.07) is 6.62. The topological polar surface area (TPSA) is 108 Å².